The molecular weight excluding hydrogens is 268 g/mol. The SMILES string of the molecule is CCc1ccc(C=CC(=O)N2CC(=O)NC(=O)C2C)cc1. The fourth-order valence-corrected chi connectivity index (χ4v) is 2.11. The van der Waals surface area contributed by atoms with E-state index >= 15 is 0 Å². The van der Waals surface area contributed by atoms with Crippen LogP contribution < -0.4 is 5.32 Å². The summed E-state index contributed by atoms with van der Waals surface area (Å²) in [6.07, 6.45) is 4.04. The van der Waals surface area contributed by atoms with E-state index in [0.717, 1.165) is 12.0 Å². The Morgan fingerprint density at radius 3 is 2.62 bits per heavy atom. The van der Waals surface area contributed by atoms with Gasteiger partial charge in [0.1, 0.15) is 12.6 Å². The molecule has 21 heavy (non-hydrogen) atoms. The molecule has 0 saturated carbocycles. The number of amides is 3. The van der Waals surface area contributed by atoms with Crippen molar-refractivity contribution in [1.29, 1.82) is 0 Å². The van der Waals surface area contributed by atoms with E-state index < -0.39 is 17.9 Å². The molecule has 3 amide bonds. The minimum absolute atomic E-state index is 0.0924. The quantitative estimate of drug-likeness (QED) is 0.669. The summed E-state index contributed by atoms with van der Waals surface area (Å²) in [5.74, 6) is -1.24. The number of piperazine rings is 1. The first kappa shape index (κ1) is 15.0. The number of imide groups is 1. The van der Waals surface area contributed by atoms with Gasteiger partial charge in [-0.15, -0.1) is 0 Å². The van der Waals surface area contributed by atoms with E-state index in [1.54, 1.807) is 13.0 Å². The normalized spacial score (nSPS) is 19.0. The largest absolute Gasteiger partial charge is 0.318 e. The Labute approximate surface area is 123 Å². The zero-order valence-corrected chi connectivity index (χ0v) is 12.1. The van der Waals surface area contributed by atoms with Crippen molar-refractivity contribution in [2.75, 3.05) is 6.54 Å². The molecule has 1 aromatic carbocycles. The molecule has 1 aliphatic rings. The molecule has 1 aliphatic heterocycles. The van der Waals surface area contributed by atoms with Crippen molar-refractivity contribution in [1.82, 2.24) is 10.2 Å². The second kappa shape index (κ2) is 6.35. The zero-order valence-electron chi connectivity index (χ0n) is 12.1. The van der Waals surface area contributed by atoms with Gasteiger partial charge in [-0.1, -0.05) is 31.2 Å². The Hall–Kier alpha value is -2.43. The van der Waals surface area contributed by atoms with Gasteiger partial charge in [0.15, 0.2) is 0 Å². The lowest BCUT2D eigenvalue weighted by Gasteiger charge is -2.30. The van der Waals surface area contributed by atoms with Crippen LogP contribution in [-0.4, -0.2) is 35.2 Å². The summed E-state index contributed by atoms with van der Waals surface area (Å²) in [4.78, 5) is 36.2. The monoisotopic (exact) mass is 286 g/mol. The predicted molar refractivity (Wildman–Crippen MR) is 79.2 cm³/mol. The second-order valence-electron chi connectivity index (χ2n) is 4.98. The third kappa shape index (κ3) is 3.56. The van der Waals surface area contributed by atoms with Gasteiger partial charge < -0.3 is 4.90 Å². The number of carbonyl (C=O) groups excluding carboxylic acids is 3. The van der Waals surface area contributed by atoms with Crippen molar-refractivity contribution in [2.45, 2.75) is 26.3 Å². The second-order valence-corrected chi connectivity index (χ2v) is 4.98. The molecule has 1 aromatic rings. The Bertz CT molecular complexity index is 590. The molecule has 0 bridgehead atoms. The molecule has 5 nitrogen and oxygen atoms in total. The maximum atomic E-state index is 12.1. The van der Waals surface area contributed by atoms with Crippen molar-refractivity contribution in [3.8, 4) is 0 Å². The van der Waals surface area contributed by atoms with Gasteiger partial charge in [0.25, 0.3) is 0 Å². The van der Waals surface area contributed by atoms with Crippen LogP contribution in [0.2, 0.25) is 0 Å². The van der Waals surface area contributed by atoms with Crippen LogP contribution in [0.25, 0.3) is 6.08 Å². The molecule has 5 heteroatoms. The van der Waals surface area contributed by atoms with Gasteiger partial charge in [0, 0.05) is 6.08 Å². The van der Waals surface area contributed by atoms with Crippen LogP contribution >= 0.6 is 0 Å². The van der Waals surface area contributed by atoms with E-state index in [1.165, 1.54) is 16.5 Å². The predicted octanol–water partition coefficient (Wildman–Crippen LogP) is 1.14. The van der Waals surface area contributed by atoms with E-state index in [-0.39, 0.29) is 12.5 Å². The lowest BCUT2D eigenvalue weighted by atomic mass is 10.1. The van der Waals surface area contributed by atoms with Crippen molar-refractivity contribution < 1.29 is 14.4 Å². The van der Waals surface area contributed by atoms with Crippen LogP contribution in [0.3, 0.4) is 0 Å². The Kier molecular flexibility index (Phi) is 4.52. The van der Waals surface area contributed by atoms with E-state index in [1.807, 2.05) is 24.3 Å². The maximum absolute atomic E-state index is 12.1. The summed E-state index contributed by atoms with van der Waals surface area (Å²) >= 11 is 0. The van der Waals surface area contributed by atoms with E-state index in [2.05, 4.69) is 12.2 Å². The molecule has 1 atom stereocenters. The lowest BCUT2D eigenvalue weighted by molar-refractivity contribution is -0.147. The highest BCUT2D eigenvalue weighted by Crippen LogP contribution is 2.09. The van der Waals surface area contributed by atoms with E-state index in [0.29, 0.717) is 0 Å². The number of rotatable bonds is 3. The molecule has 1 N–H and O–H groups in total. The van der Waals surface area contributed by atoms with Crippen LogP contribution in [0.15, 0.2) is 30.3 Å². The van der Waals surface area contributed by atoms with Crippen molar-refractivity contribution in [3.63, 3.8) is 0 Å². The van der Waals surface area contributed by atoms with E-state index in [9.17, 15) is 14.4 Å². The zero-order chi connectivity index (χ0) is 15.4. The topological polar surface area (TPSA) is 66.5 Å². The summed E-state index contributed by atoms with van der Waals surface area (Å²) in [5, 5.41) is 2.20. The average molecular weight is 286 g/mol. The molecule has 1 unspecified atom stereocenters. The number of benzene rings is 1. The smallest absolute Gasteiger partial charge is 0.249 e. The molecule has 1 heterocycles. The van der Waals surface area contributed by atoms with Gasteiger partial charge in [-0.25, -0.2) is 0 Å². The minimum Gasteiger partial charge on any atom is -0.318 e. The first-order valence-electron chi connectivity index (χ1n) is 6.92. The molecule has 110 valence electrons. The summed E-state index contributed by atoms with van der Waals surface area (Å²) in [6.45, 7) is 3.59. The van der Waals surface area contributed by atoms with Crippen LogP contribution in [0, 0.1) is 0 Å². The molecule has 1 saturated heterocycles. The van der Waals surface area contributed by atoms with Gasteiger partial charge in [-0.3, -0.25) is 19.7 Å². The van der Waals surface area contributed by atoms with Gasteiger partial charge in [-0.05, 0) is 30.5 Å². The van der Waals surface area contributed by atoms with Crippen LogP contribution in [-0.2, 0) is 20.8 Å². The molecule has 0 radical (unpaired) electrons. The third-order valence-electron chi connectivity index (χ3n) is 3.51. The first-order valence-corrected chi connectivity index (χ1v) is 6.92. The molecule has 0 aliphatic carbocycles. The third-order valence-corrected chi connectivity index (χ3v) is 3.51. The highest BCUT2D eigenvalue weighted by Gasteiger charge is 2.32. The van der Waals surface area contributed by atoms with Gasteiger partial charge in [0.2, 0.25) is 17.7 Å². The molecular formula is C16H18N2O3. The van der Waals surface area contributed by atoms with Gasteiger partial charge in [-0.2, -0.15) is 0 Å². The summed E-state index contributed by atoms with van der Waals surface area (Å²) in [5.41, 5.74) is 2.13. The fourth-order valence-electron chi connectivity index (χ4n) is 2.11. The number of nitrogens with one attached hydrogen (secondary N) is 1. The van der Waals surface area contributed by atoms with Gasteiger partial charge >= 0.3 is 0 Å². The standard InChI is InChI=1S/C16H18N2O3/c1-3-12-4-6-13(7-5-12)8-9-15(20)18-10-14(19)17-16(21)11(18)2/h4-9,11H,3,10H2,1-2H3,(H,17,19,21). The first-order chi connectivity index (χ1) is 10.0. The highest BCUT2D eigenvalue weighted by atomic mass is 16.2. The summed E-state index contributed by atoms with van der Waals surface area (Å²) in [7, 11) is 0. The lowest BCUT2D eigenvalue weighted by Crippen LogP contribution is -2.58. The molecule has 0 spiro atoms. The Morgan fingerprint density at radius 1 is 1.33 bits per heavy atom. The average Bonchev–Trinajstić information content (AvgIpc) is 2.49. The van der Waals surface area contributed by atoms with Gasteiger partial charge in [0.05, 0.1) is 0 Å². The fraction of sp³-hybridized carbons (Fsp3) is 0.312. The molecule has 2 rings (SSSR count). The Balaban J connectivity index is 2.07. The number of aryl methyl sites for hydroxylation is 1. The number of hydrogen-bond donors (Lipinski definition) is 1. The molecule has 0 aromatic heterocycles. The maximum Gasteiger partial charge on any atom is 0.249 e. The summed E-state index contributed by atoms with van der Waals surface area (Å²) < 4.78 is 0. The van der Waals surface area contributed by atoms with Crippen LogP contribution in [0.5, 0.6) is 0 Å². The summed E-state index contributed by atoms with van der Waals surface area (Å²) in [6, 6.07) is 7.23. The van der Waals surface area contributed by atoms with Crippen LogP contribution in [0.4, 0.5) is 0 Å². The van der Waals surface area contributed by atoms with Crippen LogP contribution in [0.1, 0.15) is 25.0 Å². The minimum atomic E-state index is -0.637. The molecule has 1 fully saturated rings. The van der Waals surface area contributed by atoms with E-state index in [4.69, 9.17) is 0 Å². The van der Waals surface area contributed by atoms with Crippen molar-refractivity contribution >= 4 is 23.8 Å². The highest BCUT2D eigenvalue weighted by molar-refractivity contribution is 6.06. The van der Waals surface area contributed by atoms with Crippen molar-refractivity contribution in [3.05, 3.63) is 41.5 Å². The van der Waals surface area contributed by atoms with Crippen molar-refractivity contribution in [2.24, 2.45) is 0 Å². The number of hydrogen-bond acceptors (Lipinski definition) is 3. The number of nitrogens with zero attached hydrogens (tertiary/aromatic N) is 1. The Morgan fingerprint density at radius 2 is 2.00 bits per heavy atom. The number of carbonyl (C=O) groups is 3.